The number of nitrogens with one attached hydrogen (secondary N) is 1. The van der Waals surface area contributed by atoms with Gasteiger partial charge in [0.15, 0.2) is 0 Å². The number of fused-ring (bicyclic) bond motifs is 1. The summed E-state index contributed by atoms with van der Waals surface area (Å²) in [6.45, 7) is 0. The Labute approximate surface area is 105 Å². The number of allylic oxidation sites excluding steroid dienone is 1. The van der Waals surface area contributed by atoms with Crippen molar-refractivity contribution in [2.45, 2.75) is 25.3 Å². The Bertz CT molecular complexity index is 499. The predicted molar refractivity (Wildman–Crippen MR) is 67.8 cm³/mol. The predicted octanol–water partition coefficient (Wildman–Crippen LogP) is 1.30. The van der Waals surface area contributed by atoms with Gasteiger partial charge in [0.2, 0.25) is 0 Å². The SMILES string of the molecule is O=[C-]N[C@@H](Cc1ccc2c(c1)C=CCC2)C(=O)O.[Fm]. The second-order valence-corrected chi connectivity index (χ2v) is 4.32. The monoisotopic (exact) mass is 501 g/mol. The molecule has 0 aliphatic heterocycles. The summed E-state index contributed by atoms with van der Waals surface area (Å²) in [7, 11) is 0. The summed E-state index contributed by atoms with van der Waals surface area (Å²) >= 11 is 0. The van der Waals surface area contributed by atoms with E-state index in [4.69, 9.17) is 5.11 Å². The number of carboxylic acid groups (broad SMARTS) is 1. The summed E-state index contributed by atoms with van der Waals surface area (Å²) in [5.41, 5.74) is 3.32. The molecule has 1 aromatic carbocycles. The van der Waals surface area contributed by atoms with E-state index in [1.165, 1.54) is 12.0 Å². The molecule has 0 unspecified atom stereocenters. The van der Waals surface area contributed by atoms with E-state index in [1.54, 1.807) is 0 Å². The third-order valence-corrected chi connectivity index (χ3v) is 3.06. The third-order valence-electron chi connectivity index (χ3n) is 3.06. The number of aliphatic carboxylic acids is 1. The molecule has 2 N–H and O–H groups in total. The van der Waals surface area contributed by atoms with Crippen LogP contribution in [0.15, 0.2) is 24.3 Å². The van der Waals surface area contributed by atoms with Gasteiger partial charge in [-0.3, -0.25) is 4.79 Å². The van der Waals surface area contributed by atoms with E-state index >= 15 is 0 Å². The van der Waals surface area contributed by atoms with Crippen molar-refractivity contribution < 1.29 is 14.7 Å². The number of hydrogen-bond donors (Lipinski definition) is 2. The Kier molecular flexibility index (Phi) is 4.41. The van der Waals surface area contributed by atoms with Crippen LogP contribution in [0.25, 0.3) is 6.08 Å². The summed E-state index contributed by atoms with van der Waals surface area (Å²) in [6.07, 6.45) is 7.94. The molecule has 1 atom stereocenters. The van der Waals surface area contributed by atoms with Crippen molar-refractivity contribution >= 4 is 18.5 Å². The zero-order valence-corrected chi connectivity index (χ0v) is 12.5. The minimum Gasteiger partial charge on any atom is -0.520 e. The Hall–Kier alpha value is -3.10. The average Bonchev–Trinajstić information content (AvgIpc) is 2.38. The first-order valence-corrected chi connectivity index (χ1v) is 5.84. The number of carboxylic acids is 1. The zero-order valence-electron chi connectivity index (χ0n) is 10.1. The van der Waals surface area contributed by atoms with Crippen LogP contribution in [0.3, 0.4) is 0 Å². The van der Waals surface area contributed by atoms with Crippen LogP contribution >= 0.6 is 0 Å². The quantitative estimate of drug-likeness (QED) is 0.473. The zero-order chi connectivity index (χ0) is 13.0. The number of aryl methyl sites for hydroxylation is 1. The number of rotatable bonds is 5. The maximum absolute atomic E-state index is 10.9. The van der Waals surface area contributed by atoms with Crippen molar-refractivity contribution in [3.8, 4) is 0 Å². The summed E-state index contributed by atoms with van der Waals surface area (Å²) in [6, 6.07) is 5.00. The molecule has 0 heterocycles. The van der Waals surface area contributed by atoms with Crippen LogP contribution in [0.4, 0.5) is 0 Å². The average molecular weight is 501 g/mol. The fraction of sp³-hybridized carbons (Fsp3) is 0.286. The van der Waals surface area contributed by atoms with E-state index in [2.05, 4.69) is 17.5 Å². The van der Waals surface area contributed by atoms with Gasteiger partial charge in [-0.15, -0.1) is 0 Å². The van der Waals surface area contributed by atoms with Gasteiger partial charge in [0, 0.05) is 6.42 Å². The van der Waals surface area contributed by atoms with Crippen LogP contribution in [0.5, 0.6) is 0 Å². The Morgan fingerprint density at radius 3 is 2.95 bits per heavy atom. The largest absolute Gasteiger partial charge is 0.520 e. The van der Waals surface area contributed by atoms with Crippen LogP contribution in [-0.4, -0.2) is 23.5 Å². The van der Waals surface area contributed by atoms with Crippen LogP contribution in [0, 0.1) is 0 Å². The molecule has 1 aromatic rings. The maximum atomic E-state index is 10.9. The van der Waals surface area contributed by atoms with Gasteiger partial charge in [0.25, 0.3) is 0 Å². The van der Waals surface area contributed by atoms with Crippen LogP contribution in [0.1, 0.15) is 23.1 Å². The molecule has 1 amide bonds. The van der Waals surface area contributed by atoms with E-state index in [9.17, 15) is 9.59 Å². The van der Waals surface area contributed by atoms with Crippen LogP contribution < -0.4 is 5.32 Å². The van der Waals surface area contributed by atoms with Crippen molar-refractivity contribution in [3.63, 3.8) is 0 Å². The molecule has 19 heavy (non-hydrogen) atoms. The van der Waals surface area contributed by atoms with Gasteiger partial charge in [-0.1, -0.05) is 30.4 Å². The Morgan fingerprint density at radius 1 is 1.47 bits per heavy atom. The summed E-state index contributed by atoms with van der Waals surface area (Å²) in [5, 5.41) is 11.1. The van der Waals surface area contributed by atoms with Gasteiger partial charge >= 0.3 is 5.97 Å². The van der Waals surface area contributed by atoms with Gasteiger partial charge in [-0.2, -0.15) is 6.41 Å². The van der Waals surface area contributed by atoms with Gasteiger partial charge in [-0.05, 0) is 29.5 Å². The van der Waals surface area contributed by atoms with E-state index in [0.717, 1.165) is 24.0 Å². The van der Waals surface area contributed by atoms with Crippen molar-refractivity contribution in [3.05, 3.63) is 41.0 Å². The van der Waals surface area contributed by atoms with Crippen LogP contribution in [-0.2, 0) is 22.4 Å². The number of amides is 1. The number of carbonyl (C=O) groups is 1. The number of benzene rings is 1. The fourth-order valence-corrected chi connectivity index (χ4v) is 2.11. The van der Waals surface area contributed by atoms with Crippen molar-refractivity contribution in [1.29, 1.82) is 0 Å². The number of hydrogen-bond acceptors (Lipinski definition) is 2. The van der Waals surface area contributed by atoms with E-state index in [1.807, 2.05) is 18.2 Å². The smallest absolute Gasteiger partial charge is 0.323 e. The minimum absolute atomic E-state index is 0. The molecule has 1 aliphatic rings. The Balaban J connectivity index is 0.00000180. The molecule has 5 heteroatoms. The molecule has 0 aromatic heterocycles. The van der Waals surface area contributed by atoms with Crippen molar-refractivity contribution in [2.75, 3.05) is 0 Å². The molecule has 0 bridgehead atoms. The second-order valence-electron chi connectivity index (χ2n) is 4.32. The molecule has 0 saturated carbocycles. The van der Waals surface area contributed by atoms with Gasteiger partial charge in [-0.25, -0.2) is 0 Å². The van der Waals surface area contributed by atoms with Gasteiger partial charge in [0.05, 0.1) is 0 Å². The number of carbonyl (C=O) groups excluding carboxylic acids is 1. The van der Waals surface area contributed by atoms with E-state index < -0.39 is 12.0 Å². The van der Waals surface area contributed by atoms with E-state index in [0.29, 0.717) is 0 Å². The Morgan fingerprint density at radius 2 is 2.26 bits per heavy atom. The molecule has 106 valence electrons. The van der Waals surface area contributed by atoms with Crippen LogP contribution in [0.2, 0.25) is 0 Å². The molecule has 0 radical (unpaired) electrons. The molecule has 4 nitrogen and oxygen atoms in total. The first kappa shape index (κ1) is 14.0. The van der Waals surface area contributed by atoms with Crippen molar-refractivity contribution in [1.82, 2.24) is 5.32 Å². The summed E-state index contributed by atoms with van der Waals surface area (Å²) in [5.74, 6) is -1.05. The summed E-state index contributed by atoms with van der Waals surface area (Å²) in [4.78, 5) is 21.2. The van der Waals surface area contributed by atoms with Crippen molar-refractivity contribution in [2.24, 2.45) is 0 Å². The maximum Gasteiger partial charge on any atom is 0.323 e. The molecule has 0 saturated heterocycles. The molecule has 0 fully saturated rings. The fourth-order valence-electron chi connectivity index (χ4n) is 2.11. The first-order chi connectivity index (χ1) is 8.70. The standard InChI is InChI=1S/C14H14NO3.Fm/c16-9-15-13(14(17)18)8-10-5-6-11-3-1-2-4-12(11)7-10;/h2,4-7,13H,1,3,8H2,(H,15,16)(H,17,18);/q-1;/t13-;/m0./s1. The first-order valence-electron chi connectivity index (χ1n) is 5.84. The van der Waals surface area contributed by atoms with Gasteiger partial charge < -0.3 is 15.2 Å². The summed E-state index contributed by atoms with van der Waals surface area (Å²) < 4.78 is 0. The molecule has 1 aliphatic carbocycles. The normalized spacial score (nSPS) is 13.9. The van der Waals surface area contributed by atoms with Gasteiger partial charge in [0.1, 0.15) is 6.04 Å². The molecule has 0 spiro atoms. The van der Waals surface area contributed by atoms with E-state index in [-0.39, 0.29) is 6.42 Å². The molecular formula is C14H14FmNO3-. The second kappa shape index (κ2) is 6.00. The third kappa shape index (κ3) is 3.19. The topological polar surface area (TPSA) is 66.4 Å². The molecular weight excluding hydrogens is 487 g/mol. The minimum atomic E-state index is -1.05. The molecule has 2 rings (SSSR count).